The zero-order valence-electron chi connectivity index (χ0n) is 12.1. The lowest BCUT2D eigenvalue weighted by molar-refractivity contribution is -0.384. The number of hydrogen-bond acceptors (Lipinski definition) is 6. The summed E-state index contributed by atoms with van der Waals surface area (Å²) in [5.41, 5.74) is 1.35. The van der Waals surface area contributed by atoms with Crippen molar-refractivity contribution in [1.82, 2.24) is 9.27 Å². The molecule has 1 aliphatic heterocycles. The van der Waals surface area contributed by atoms with Crippen LogP contribution < -0.4 is 4.74 Å². The molecular weight excluding hydrogens is 302 g/mol. The van der Waals surface area contributed by atoms with Crippen molar-refractivity contribution in [3.8, 4) is 5.75 Å². The first kappa shape index (κ1) is 14.9. The van der Waals surface area contributed by atoms with Gasteiger partial charge in [-0.05, 0) is 42.1 Å². The van der Waals surface area contributed by atoms with Gasteiger partial charge in [0.15, 0.2) is 0 Å². The van der Waals surface area contributed by atoms with E-state index >= 15 is 0 Å². The van der Waals surface area contributed by atoms with Gasteiger partial charge in [0.1, 0.15) is 11.9 Å². The third-order valence-corrected chi connectivity index (χ3v) is 4.41. The Hall–Kier alpha value is -1.99. The smallest absolute Gasteiger partial charge is 0.269 e. The highest BCUT2D eigenvalue weighted by Crippen LogP contribution is 2.22. The Morgan fingerprint density at radius 3 is 2.64 bits per heavy atom. The highest BCUT2D eigenvalue weighted by molar-refractivity contribution is 7.03. The molecule has 0 amide bonds. The number of nitro benzene ring substituents is 1. The van der Waals surface area contributed by atoms with Gasteiger partial charge in [-0.2, -0.15) is 0 Å². The molecule has 1 fully saturated rings. The molecule has 116 valence electrons. The molecule has 7 heteroatoms. The molecule has 3 rings (SSSR count). The fraction of sp³-hybridized carbons (Fsp3) is 0.400. The van der Waals surface area contributed by atoms with Gasteiger partial charge in [-0.1, -0.05) is 0 Å². The summed E-state index contributed by atoms with van der Waals surface area (Å²) >= 11 is 1.48. The van der Waals surface area contributed by atoms with Crippen LogP contribution in [0.3, 0.4) is 0 Å². The first-order valence-electron chi connectivity index (χ1n) is 7.22. The van der Waals surface area contributed by atoms with Crippen molar-refractivity contribution in [2.45, 2.75) is 25.5 Å². The second-order valence-corrected chi connectivity index (χ2v) is 6.03. The van der Waals surface area contributed by atoms with Crippen LogP contribution in [0.1, 0.15) is 18.4 Å². The van der Waals surface area contributed by atoms with Crippen molar-refractivity contribution in [3.63, 3.8) is 0 Å². The quantitative estimate of drug-likeness (QED) is 0.626. The summed E-state index contributed by atoms with van der Waals surface area (Å²) in [6, 6.07) is 6.30. The summed E-state index contributed by atoms with van der Waals surface area (Å²) in [7, 11) is 0. The molecule has 1 aromatic heterocycles. The van der Waals surface area contributed by atoms with Crippen molar-refractivity contribution in [1.29, 1.82) is 0 Å². The molecule has 0 spiro atoms. The van der Waals surface area contributed by atoms with Gasteiger partial charge >= 0.3 is 0 Å². The van der Waals surface area contributed by atoms with Crippen LogP contribution in [-0.4, -0.2) is 33.4 Å². The minimum Gasteiger partial charge on any atom is -0.490 e. The molecule has 1 saturated heterocycles. The Balaban J connectivity index is 1.48. The first-order chi connectivity index (χ1) is 10.7. The number of benzene rings is 1. The van der Waals surface area contributed by atoms with E-state index in [1.54, 1.807) is 12.1 Å². The van der Waals surface area contributed by atoms with Crippen LogP contribution in [0, 0.1) is 10.1 Å². The number of likely N-dealkylation sites (tertiary alicyclic amines) is 1. The first-order valence-corrected chi connectivity index (χ1v) is 8.06. The molecule has 0 bridgehead atoms. The van der Waals surface area contributed by atoms with E-state index in [-0.39, 0.29) is 11.8 Å². The van der Waals surface area contributed by atoms with E-state index in [2.05, 4.69) is 14.7 Å². The van der Waals surface area contributed by atoms with Crippen molar-refractivity contribution in [3.05, 3.63) is 51.5 Å². The van der Waals surface area contributed by atoms with Gasteiger partial charge in [-0.15, -0.1) is 0 Å². The highest BCUT2D eigenvalue weighted by atomic mass is 32.1. The largest absolute Gasteiger partial charge is 0.490 e. The fourth-order valence-electron chi connectivity index (χ4n) is 2.59. The average Bonchev–Trinajstić information content (AvgIpc) is 3.03. The second kappa shape index (κ2) is 6.85. The zero-order chi connectivity index (χ0) is 15.4. The molecule has 2 heterocycles. The van der Waals surface area contributed by atoms with Crippen LogP contribution in [0.4, 0.5) is 5.69 Å². The van der Waals surface area contributed by atoms with E-state index in [0.717, 1.165) is 32.5 Å². The maximum Gasteiger partial charge on any atom is 0.269 e. The molecular formula is C15H17N3O3S. The molecule has 6 nitrogen and oxygen atoms in total. The van der Waals surface area contributed by atoms with Crippen LogP contribution in [0.5, 0.6) is 5.75 Å². The number of ether oxygens (including phenoxy) is 1. The molecule has 0 saturated carbocycles. The number of aromatic nitrogens is 1. The van der Waals surface area contributed by atoms with Crippen LogP contribution >= 0.6 is 11.5 Å². The monoisotopic (exact) mass is 319 g/mol. The van der Waals surface area contributed by atoms with Crippen LogP contribution in [-0.2, 0) is 6.54 Å². The normalized spacial score (nSPS) is 16.5. The summed E-state index contributed by atoms with van der Waals surface area (Å²) in [6.45, 7) is 2.93. The molecule has 0 N–H and O–H groups in total. The van der Waals surface area contributed by atoms with Gasteiger partial charge in [0, 0.05) is 43.3 Å². The average molecular weight is 319 g/mol. The molecule has 22 heavy (non-hydrogen) atoms. The van der Waals surface area contributed by atoms with Crippen molar-refractivity contribution < 1.29 is 9.66 Å². The molecule has 1 aliphatic rings. The van der Waals surface area contributed by atoms with Crippen LogP contribution in [0.25, 0.3) is 0 Å². The predicted molar refractivity (Wildman–Crippen MR) is 84.1 cm³/mol. The summed E-state index contributed by atoms with van der Waals surface area (Å²) < 4.78 is 10.0. The minimum atomic E-state index is -0.401. The third-order valence-electron chi connectivity index (χ3n) is 3.77. The number of non-ortho nitro benzene ring substituents is 1. The lowest BCUT2D eigenvalue weighted by Gasteiger charge is -2.31. The van der Waals surface area contributed by atoms with Gasteiger partial charge < -0.3 is 4.74 Å². The third kappa shape index (κ3) is 3.80. The second-order valence-electron chi connectivity index (χ2n) is 5.38. The number of hydrogen-bond donors (Lipinski definition) is 0. The lowest BCUT2D eigenvalue weighted by atomic mass is 10.1. The predicted octanol–water partition coefficient (Wildman–Crippen LogP) is 3.09. The van der Waals surface area contributed by atoms with Gasteiger partial charge in [-0.25, -0.2) is 4.37 Å². The molecule has 2 aromatic rings. The minimum absolute atomic E-state index is 0.0894. The Labute approximate surface area is 132 Å². The van der Waals surface area contributed by atoms with Gasteiger partial charge in [0.05, 0.1) is 4.92 Å². The van der Waals surface area contributed by atoms with Crippen molar-refractivity contribution in [2.24, 2.45) is 0 Å². The Kier molecular flexibility index (Phi) is 4.65. The van der Waals surface area contributed by atoms with E-state index in [1.165, 1.54) is 29.2 Å². The van der Waals surface area contributed by atoms with Gasteiger partial charge in [0.2, 0.25) is 0 Å². The number of piperidine rings is 1. The number of nitrogens with zero attached hydrogens (tertiary/aromatic N) is 3. The fourth-order valence-corrected chi connectivity index (χ4v) is 3.11. The molecule has 0 unspecified atom stereocenters. The molecule has 0 aliphatic carbocycles. The maximum atomic E-state index is 10.6. The van der Waals surface area contributed by atoms with Gasteiger partial charge in [0.25, 0.3) is 5.69 Å². The Bertz CT molecular complexity index is 607. The van der Waals surface area contributed by atoms with E-state index in [1.807, 2.05) is 6.20 Å². The van der Waals surface area contributed by atoms with Gasteiger partial charge in [-0.3, -0.25) is 15.0 Å². The molecule has 0 atom stereocenters. The molecule has 0 radical (unpaired) electrons. The summed E-state index contributed by atoms with van der Waals surface area (Å²) in [5, 5.41) is 12.7. The summed E-state index contributed by atoms with van der Waals surface area (Å²) in [5.74, 6) is 0.700. The summed E-state index contributed by atoms with van der Waals surface area (Å²) in [4.78, 5) is 12.6. The Morgan fingerprint density at radius 2 is 2.05 bits per heavy atom. The Morgan fingerprint density at radius 1 is 1.32 bits per heavy atom. The zero-order valence-corrected chi connectivity index (χ0v) is 12.9. The topological polar surface area (TPSA) is 68.5 Å². The van der Waals surface area contributed by atoms with E-state index in [4.69, 9.17) is 4.74 Å². The van der Waals surface area contributed by atoms with Crippen LogP contribution in [0.15, 0.2) is 35.8 Å². The van der Waals surface area contributed by atoms with Crippen molar-refractivity contribution >= 4 is 17.2 Å². The van der Waals surface area contributed by atoms with E-state index < -0.39 is 4.92 Å². The lowest BCUT2D eigenvalue weighted by Crippen LogP contribution is -2.37. The van der Waals surface area contributed by atoms with Crippen molar-refractivity contribution in [2.75, 3.05) is 13.1 Å². The highest BCUT2D eigenvalue weighted by Gasteiger charge is 2.21. The number of rotatable bonds is 5. The van der Waals surface area contributed by atoms with E-state index in [9.17, 15) is 10.1 Å². The standard InChI is InChI=1S/C15H17N3O3S/c19-18(20)13-1-3-14(4-2-13)21-15-5-7-17(8-6-15)10-12-9-16-22-11-12/h1-4,9,11,15H,5-8,10H2. The van der Waals surface area contributed by atoms with E-state index in [0.29, 0.717) is 5.75 Å². The number of nitro groups is 1. The summed E-state index contributed by atoms with van der Waals surface area (Å²) in [6.07, 6.45) is 4.03. The molecule has 1 aromatic carbocycles. The SMILES string of the molecule is O=[N+]([O-])c1ccc(OC2CCN(Cc3cnsc3)CC2)cc1. The maximum absolute atomic E-state index is 10.6. The van der Waals surface area contributed by atoms with Crippen LogP contribution in [0.2, 0.25) is 0 Å².